The lowest BCUT2D eigenvalue weighted by atomic mass is 10.0. The van der Waals surface area contributed by atoms with E-state index in [9.17, 15) is 31.1 Å². The van der Waals surface area contributed by atoms with E-state index < -0.39 is 24.3 Å². The van der Waals surface area contributed by atoms with Gasteiger partial charge < -0.3 is 32.3 Å². The Labute approximate surface area is 232 Å². The van der Waals surface area contributed by atoms with E-state index in [2.05, 4.69) is 10.6 Å². The third-order valence-corrected chi connectivity index (χ3v) is 4.62. The number of hydrogen-bond acceptors (Lipinski definition) is 5. The first-order valence-electron chi connectivity index (χ1n) is 11.0. The zero-order valence-corrected chi connectivity index (χ0v) is 21.0. The molecule has 11 nitrogen and oxygen atoms in total. The first kappa shape index (κ1) is 34.4. The van der Waals surface area contributed by atoms with Crippen LogP contribution in [0.1, 0.15) is 11.1 Å². The van der Waals surface area contributed by atoms with Gasteiger partial charge in [0.1, 0.15) is 11.7 Å². The van der Waals surface area contributed by atoms with Gasteiger partial charge in [0.2, 0.25) is 0 Å². The van der Waals surface area contributed by atoms with Gasteiger partial charge in [-0.3, -0.25) is 10.8 Å². The number of nitrogens with one attached hydrogen (secondary N) is 4. The smallest absolute Gasteiger partial charge is 0.475 e. The van der Waals surface area contributed by atoms with E-state index in [1.54, 1.807) is 36.4 Å². The van der Waals surface area contributed by atoms with Gasteiger partial charge in [-0.05, 0) is 35.9 Å². The summed E-state index contributed by atoms with van der Waals surface area (Å²) in [6.07, 6.45) is -10.2. The number of carboxylic acids is 2. The minimum Gasteiger partial charge on any atom is -0.475 e. The van der Waals surface area contributed by atoms with Crippen LogP contribution in [-0.4, -0.2) is 52.2 Å². The van der Waals surface area contributed by atoms with Gasteiger partial charge in [0, 0.05) is 22.4 Å². The van der Waals surface area contributed by atoms with Crippen LogP contribution in [0.25, 0.3) is 11.1 Å². The molecule has 3 rings (SSSR count). The molecule has 0 fully saturated rings. The Morgan fingerprint density at radius 3 is 1.40 bits per heavy atom. The molecule has 3 aromatic rings. The maximum Gasteiger partial charge on any atom is 0.490 e. The van der Waals surface area contributed by atoms with Crippen molar-refractivity contribution in [3.63, 3.8) is 0 Å². The molecule has 17 heteroatoms. The maximum atomic E-state index is 12.4. The summed E-state index contributed by atoms with van der Waals surface area (Å²) in [6, 6.07) is 21.0. The summed E-state index contributed by atoms with van der Waals surface area (Å²) in [5.41, 5.74) is 15.1. The zero-order chi connectivity index (χ0) is 32.3. The highest BCUT2D eigenvalue weighted by Crippen LogP contribution is 2.28. The van der Waals surface area contributed by atoms with Gasteiger partial charge in [-0.2, -0.15) is 26.3 Å². The van der Waals surface area contributed by atoms with Gasteiger partial charge in [-0.15, -0.1) is 0 Å². The number of anilines is 2. The number of alkyl halides is 6. The number of halogens is 6. The number of benzene rings is 3. The van der Waals surface area contributed by atoms with Crippen LogP contribution in [0.4, 0.5) is 42.5 Å². The van der Waals surface area contributed by atoms with Crippen molar-refractivity contribution in [2.75, 3.05) is 10.6 Å². The Bertz CT molecular complexity index is 1400. The number of urea groups is 1. The van der Waals surface area contributed by atoms with Crippen molar-refractivity contribution in [1.82, 2.24) is 0 Å². The Hall–Kier alpha value is -5.61. The molecule has 42 heavy (non-hydrogen) atoms. The molecule has 0 aliphatic rings. The molecule has 0 unspecified atom stereocenters. The van der Waals surface area contributed by atoms with Crippen LogP contribution in [0.15, 0.2) is 72.8 Å². The second-order valence-electron chi connectivity index (χ2n) is 7.71. The van der Waals surface area contributed by atoms with Gasteiger partial charge in [0.15, 0.2) is 0 Å². The summed E-state index contributed by atoms with van der Waals surface area (Å²) in [5.74, 6) is -5.53. The van der Waals surface area contributed by atoms with E-state index in [4.69, 9.17) is 42.1 Å². The standard InChI is InChI=1S/C21H20N6O.2C2HF3O2/c22-19(23)14-7-5-13(6-8-14)17-3-1-2-4-18(17)27-21(28)26-16-11-9-15(10-12-16)20(24)25;2*3-2(4,5)1(6)7/h1-12H,(H3,22,23)(H3,24,25)(H2,26,27,28);2*(H,6,7). The average Bonchev–Trinajstić information content (AvgIpc) is 2.89. The third-order valence-electron chi connectivity index (χ3n) is 4.62. The summed E-state index contributed by atoms with van der Waals surface area (Å²) in [5, 5.41) is 34.7. The number of hydrogen-bond donors (Lipinski definition) is 8. The fourth-order valence-corrected chi connectivity index (χ4v) is 2.69. The first-order valence-corrected chi connectivity index (χ1v) is 11.0. The van der Waals surface area contributed by atoms with Gasteiger partial charge in [-0.1, -0.05) is 42.5 Å². The van der Waals surface area contributed by atoms with Crippen LogP contribution in [0, 0.1) is 10.8 Å². The summed E-state index contributed by atoms with van der Waals surface area (Å²) in [4.78, 5) is 30.2. The van der Waals surface area contributed by atoms with E-state index >= 15 is 0 Å². The summed E-state index contributed by atoms with van der Waals surface area (Å²) < 4.78 is 63.5. The second kappa shape index (κ2) is 14.7. The minimum absolute atomic E-state index is 0.00753. The first-order chi connectivity index (χ1) is 19.3. The number of carbonyl (C=O) groups excluding carboxylic acids is 1. The number of carbonyl (C=O) groups is 3. The van der Waals surface area contributed by atoms with Gasteiger partial charge in [0.05, 0.1) is 5.69 Å². The van der Waals surface area contributed by atoms with Crippen molar-refractivity contribution in [1.29, 1.82) is 10.8 Å². The van der Waals surface area contributed by atoms with Crippen LogP contribution < -0.4 is 22.1 Å². The molecule has 3 aromatic carbocycles. The highest BCUT2D eigenvalue weighted by atomic mass is 19.4. The van der Waals surface area contributed by atoms with Crippen molar-refractivity contribution in [3.8, 4) is 11.1 Å². The quantitative estimate of drug-likeness (QED) is 0.116. The topological polar surface area (TPSA) is 215 Å². The Morgan fingerprint density at radius 2 is 1.02 bits per heavy atom. The lowest BCUT2D eigenvalue weighted by molar-refractivity contribution is -0.193. The number of para-hydroxylation sites is 1. The average molecular weight is 600 g/mol. The molecule has 0 bridgehead atoms. The van der Waals surface area contributed by atoms with Crippen molar-refractivity contribution >= 4 is 41.0 Å². The number of nitrogens with two attached hydrogens (primary N) is 2. The molecule has 10 N–H and O–H groups in total. The van der Waals surface area contributed by atoms with Gasteiger partial charge in [-0.25, -0.2) is 14.4 Å². The molecular weight excluding hydrogens is 578 g/mol. The highest BCUT2D eigenvalue weighted by molar-refractivity contribution is 6.03. The molecule has 224 valence electrons. The molecule has 0 aliphatic heterocycles. The molecule has 0 radical (unpaired) electrons. The normalized spacial score (nSPS) is 10.5. The molecule has 0 spiro atoms. The number of rotatable bonds is 5. The molecule has 0 heterocycles. The molecule has 0 atom stereocenters. The zero-order valence-electron chi connectivity index (χ0n) is 21.0. The van der Waals surface area contributed by atoms with Gasteiger partial charge in [0.25, 0.3) is 0 Å². The van der Waals surface area contributed by atoms with Gasteiger partial charge >= 0.3 is 30.3 Å². The Balaban J connectivity index is 0.000000522. The second-order valence-corrected chi connectivity index (χ2v) is 7.71. The van der Waals surface area contributed by atoms with E-state index in [-0.39, 0.29) is 17.7 Å². The largest absolute Gasteiger partial charge is 0.490 e. The fourth-order valence-electron chi connectivity index (χ4n) is 2.69. The highest BCUT2D eigenvalue weighted by Gasteiger charge is 2.38. The Kier molecular flexibility index (Phi) is 12.0. The summed E-state index contributed by atoms with van der Waals surface area (Å²) in [7, 11) is 0. The molecule has 0 aromatic heterocycles. The van der Waals surface area contributed by atoms with Crippen molar-refractivity contribution in [2.24, 2.45) is 11.5 Å². The predicted octanol–water partition coefficient (Wildman–Crippen LogP) is 4.83. The number of amides is 2. The van der Waals surface area contributed by atoms with Crippen molar-refractivity contribution in [2.45, 2.75) is 12.4 Å². The number of amidine groups is 2. The number of aliphatic carboxylic acids is 2. The van der Waals surface area contributed by atoms with Crippen molar-refractivity contribution < 1.29 is 50.9 Å². The molecule has 0 saturated carbocycles. The fraction of sp³-hybridized carbons (Fsp3) is 0.0800. The SMILES string of the molecule is N=C(N)c1ccc(NC(=O)Nc2ccccc2-c2ccc(C(=N)N)cc2)cc1.O=C(O)C(F)(F)F.O=C(O)C(F)(F)F. The van der Waals surface area contributed by atoms with Crippen LogP contribution >= 0.6 is 0 Å². The van der Waals surface area contributed by atoms with E-state index in [0.29, 0.717) is 22.5 Å². The minimum atomic E-state index is -5.08. The van der Waals surface area contributed by atoms with Crippen LogP contribution in [0.2, 0.25) is 0 Å². The van der Waals surface area contributed by atoms with Crippen LogP contribution in [0.3, 0.4) is 0 Å². The third kappa shape index (κ3) is 11.6. The molecule has 0 saturated heterocycles. The van der Waals surface area contributed by atoms with Crippen molar-refractivity contribution in [3.05, 3.63) is 83.9 Å². The van der Waals surface area contributed by atoms with Crippen LogP contribution in [-0.2, 0) is 9.59 Å². The lowest BCUT2D eigenvalue weighted by Gasteiger charge is -2.13. The Morgan fingerprint density at radius 1 is 0.643 bits per heavy atom. The maximum absolute atomic E-state index is 12.4. The molecule has 2 amide bonds. The van der Waals surface area contributed by atoms with E-state index in [1.165, 1.54) is 0 Å². The summed E-state index contributed by atoms with van der Waals surface area (Å²) in [6.45, 7) is 0. The lowest BCUT2D eigenvalue weighted by Crippen LogP contribution is -2.21. The number of nitrogen functional groups attached to an aromatic ring is 2. The predicted molar refractivity (Wildman–Crippen MR) is 140 cm³/mol. The van der Waals surface area contributed by atoms with E-state index in [1.807, 2.05) is 36.4 Å². The molecule has 0 aliphatic carbocycles. The van der Waals surface area contributed by atoms with E-state index in [0.717, 1.165) is 11.1 Å². The monoisotopic (exact) mass is 600 g/mol. The summed E-state index contributed by atoms with van der Waals surface area (Å²) >= 11 is 0. The number of carboxylic acid groups (broad SMARTS) is 2. The van der Waals surface area contributed by atoms with Crippen LogP contribution in [0.5, 0.6) is 0 Å². The molecular formula is C25H22F6N6O5.